The highest BCUT2D eigenvalue weighted by atomic mass is 32.1. The van der Waals surface area contributed by atoms with Crippen molar-refractivity contribution in [1.82, 2.24) is 14.9 Å². The molecular formula is C14H16N4OS. The third-order valence-electron chi connectivity index (χ3n) is 3.56. The van der Waals surface area contributed by atoms with Gasteiger partial charge in [-0.2, -0.15) is 0 Å². The van der Waals surface area contributed by atoms with Gasteiger partial charge in [0, 0.05) is 17.6 Å². The van der Waals surface area contributed by atoms with Crippen molar-refractivity contribution >= 4 is 23.2 Å². The van der Waals surface area contributed by atoms with Crippen molar-refractivity contribution in [3.05, 3.63) is 40.5 Å². The van der Waals surface area contributed by atoms with E-state index in [0.29, 0.717) is 5.82 Å². The molecule has 0 saturated carbocycles. The summed E-state index contributed by atoms with van der Waals surface area (Å²) in [4.78, 5) is 23.6. The van der Waals surface area contributed by atoms with E-state index in [-0.39, 0.29) is 12.1 Å². The smallest absolute Gasteiger partial charge is 0.317 e. The fraction of sp³-hybridized carbons (Fsp3) is 0.357. The van der Waals surface area contributed by atoms with E-state index < -0.39 is 0 Å². The minimum absolute atomic E-state index is 0.0904. The first kappa shape index (κ1) is 13.1. The number of nitrogens with zero attached hydrogens (tertiary/aromatic N) is 3. The highest BCUT2D eigenvalue weighted by molar-refractivity contribution is 7.10. The molecule has 0 fully saturated rings. The maximum atomic E-state index is 12.4. The van der Waals surface area contributed by atoms with Crippen LogP contribution < -0.4 is 5.32 Å². The van der Waals surface area contributed by atoms with Crippen LogP contribution in [0.4, 0.5) is 10.6 Å². The summed E-state index contributed by atoms with van der Waals surface area (Å²) in [6.07, 6.45) is 4.90. The zero-order valence-corrected chi connectivity index (χ0v) is 12.1. The van der Waals surface area contributed by atoms with Gasteiger partial charge in [0.05, 0.1) is 6.04 Å². The van der Waals surface area contributed by atoms with Gasteiger partial charge in [0.1, 0.15) is 12.1 Å². The molecule has 3 rings (SSSR count). The number of thiophene rings is 1. The molecule has 104 valence electrons. The SMILES string of the molecule is CC[C@H]1c2ccsc2CCN1C(=O)Nc1ccncn1. The molecule has 1 aliphatic rings. The van der Waals surface area contributed by atoms with Crippen LogP contribution in [0.5, 0.6) is 0 Å². The lowest BCUT2D eigenvalue weighted by molar-refractivity contribution is 0.181. The Balaban J connectivity index is 1.78. The molecule has 1 N–H and O–H groups in total. The summed E-state index contributed by atoms with van der Waals surface area (Å²) >= 11 is 1.78. The van der Waals surface area contributed by atoms with Gasteiger partial charge in [0.2, 0.25) is 0 Å². The number of urea groups is 1. The van der Waals surface area contributed by atoms with Crippen LogP contribution in [0.2, 0.25) is 0 Å². The third-order valence-corrected chi connectivity index (χ3v) is 4.56. The molecular weight excluding hydrogens is 272 g/mol. The Morgan fingerprint density at radius 1 is 1.55 bits per heavy atom. The number of rotatable bonds is 2. The van der Waals surface area contributed by atoms with Gasteiger partial charge < -0.3 is 4.90 Å². The largest absolute Gasteiger partial charge is 0.323 e. The number of hydrogen-bond acceptors (Lipinski definition) is 4. The molecule has 2 aromatic rings. The Kier molecular flexibility index (Phi) is 3.64. The Hall–Kier alpha value is -1.95. The van der Waals surface area contributed by atoms with Gasteiger partial charge in [-0.05, 0) is 35.9 Å². The second-order valence-corrected chi connectivity index (χ2v) is 5.69. The van der Waals surface area contributed by atoms with E-state index in [0.717, 1.165) is 19.4 Å². The Morgan fingerprint density at radius 3 is 3.20 bits per heavy atom. The summed E-state index contributed by atoms with van der Waals surface area (Å²) in [6.45, 7) is 2.87. The molecule has 5 nitrogen and oxygen atoms in total. The number of nitrogens with one attached hydrogen (secondary N) is 1. The van der Waals surface area contributed by atoms with Crippen molar-refractivity contribution < 1.29 is 4.79 Å². The second-order valence-electron chi connectivity index (χ2n) is 4.69. The van der Waals surface area contributed by atoms with Crippen molar-refractivity contribution in [2.24, 2.45) is 0 Å². The topological polar surface area (TPSA) is 58.1 Å². The monoisotopic (exact) mass is 288 g/mol. The van der Waals surface area contributed by atoms with Crippen molar-refractivity contribution in [2.45, 2.75) is 25.8 Å². The van der Waals surface area contributed by atoms with Gasteiger partial charge in [0.25, 0.3) is 0 Å². The molecule has 0 spiro atoms. The van der Waals surface area contributed by atoms with Crippen LogP contribution in [0.3, 0.4) is 0 Å². The zero-order valence-electron chi connectivity index (χ0n) is 11.2. The van der Waals surface area contributed by atoms with Crippen molar-refractivity contribution in [3.8, 4) is 0 Å². The van der Waals surface area contributed by atoms with Crippen LogP contribution in [0, 0.1) is 0 Å². The average molecular weight is 288 g/mol. The Labute approximate surface area is 121 Å². The summed E-state index contributed by atoms with van der Waals surface area (Å²) in [7, 11) is 0. The minimum Gasteiger partial charge on any atom is -0.317 e. The van der Waals surface area contributed by atoms with E-state index in [1.165, 1.54) is 16.8 Å². The van der Waals surface area contributed by atoms with Crippen LogP contribution in [0.15, 0.2) is 30.0 Å². The number of aromatic nitrogens is 2. The van der Waals surface area contributed by atoms with Gasteiger partial charge in [-0.25, -0.2) is 14.8 Å². The first-order chi connectivity index (χ1) is 9.79. The number of carbonyl (C=O) groups is 1. The van der Waals surface area contributed by atoms with Crippen molar-refractivity contribution in [3.63, 3.8) is 0 Å². The van der Waals surface area contributed by atoms with Gasteiger partial charge in [0.15, 0.2) is 0 Å². The molecule has 1 aliphatic heterocycles. The molecule has 0 saturated heterocycles. The lowest BCUT2D eigenvalue weighted by Gasteiger charge is -2.35. The number of fused-ring (bicyclic) bond motifs is 1. The predicted molar refractivity (Wildman–Crippen MR) is 78.8 cm³/mol. The maximum Gasteiger partial charge on any atom is 0.323 e. The Morgan fingerprint density at radius 2 is 2.45 bits per heavy atom. The molecule has 1 atom stereocenters. The molecule has 2 amide bonds. The zero-order chi connectivity index (χ0) is 13.9. The fourth-order valence-corrected chi connectivity index (χ4v) is 3.55. The first-order valence-electron chi connectivity index (χ1n) is 6.69. The van der Waals surface area contributed by atoms with Crippen molar-refractivity contribution in [1.29, 1.82) is 0 Å². The molecule has 0 aliphatic carbocycles. The first-order valence-corrected chi connectivity index (χ1v) is 7.57. The summed E-state index contributed by atoms with van der Waals surface area (Å²) in [5.41, 5.74) is 1.29. The van der Waals surface area contributed by atoms with E-state index in [4.69, 9.17) is 0 Å². The van der Waals surface area contributed by atoms with Crippen LogP contribution >= 0.6 is 11.3 Å². The summed E-state index contributed by atoms with van der Waals surface area (Å²) in [6, 6.07) is 3.90. The van der Waals surface area contributed by atoms with Crippen LogP contribution in [-0.4, -0.2) is 27.4 Å². The minimum atomic E-state index is -0.0904. The van der Waals surface area contributed by atoms with E-state index in [2.05, 4.69) is 33.7 Å². The summed E-state index contributed by atoms with van der Waals surface area (Å²) in [5.74, 6) is 0.538. The number of anilines is 1. The molecule has 0 aromatic carbocycles. The fourth-order valence-electron chi connectivity index (χ4n) is 2.63. The molecule has 20 heavy (non-hydrogen) atoms. The number of amides is 2. The van der Waals surface area contributed by atoms with Gasteiger partial charge in [-0.3, -0.25) is 5.32 Å². The van der Waals surface area contributed by atoms with Crippen LogP contribution in [-0.2, 0) is 6.42 Å². The average Bonchev–Trinajstić information content (AvgIpc) is 2.95. The maximum absolute atomic E-state index is 12.4. The lowest BCUT2D eigenvalue weighted by atomic mass is 9.98. The van der Waals surface area contributed by atoms with E-state index >= 15 is 0 Å². The highest BCUT2D eigenvalue weighted by Gasteiger charge is 2.30. The standard InChI is InChI=1S/C14H16N4OS/c1-2-11-10-5-8-20-12(10)4-7-18(11)14(19)17-13-3-6-15-9-16-13/h3,5-6,8-9,11H,2,4,7H2,1H3,(H,15,16,17,19)/t11-/m0/s1. The van der Waals surface area contributed by atoms with Gasteiger partial charge in [-0.1, -0.05) is 6.92 Å². The normalized spacial score (nSPS) is 17.6. The molecule has 0 bridgehead atoms. The van der Waals surface area contributed by atoms with Crippen LogP contribution in [0.1, 0.15) is 29.8 Å². The summed E-state index contributed by atoms with van der Waals surface area (Å²) < 4.78 is 0. The predicted octanol–water partition coefficient (Wildman–Crippen LogP) is 3.08. The highest BCUT2D eigenvalue weighted by Crippen LogP contribution is 2.35. The van der Waals surface area contributed by atoms with Crippen molar-refractivity contribution in [2.75, 3.05) is 11.9 Å². The van der Waals surface area contributed by atoms with E-state index in [9.17, 15) is 4.79 Å². The molecule has 0 radical (unpaired) electrons. The van der Waals surface area contributed by atoms with E-state index in [1.807, 2.05) is 4.90 Å². The van der Waals surface area contributed by atoms with Gasteiger partial charge >= 0.3 is 6.03 Å². The quantitative estimate of drug-likeness (QED) is 0.924. The summed E-state index contributed by atoms with van der Waals surface area (Å²) in [5, 5.41) is 4.95. The van der Waals surface area contributed by atoms with Gasteiger partial charge in [-0.15, -0.1) is 11.3 Å². The van der Waals surface area contributed by atoms with Crippen LogP contribution in [0.25, 0.3) is 0 Å². The molecule has 3 heterocycles. The Bertz CT molecular complexity index is 598. The third kappa shape index (κ3) is 2.38. The van der Waals surface area contributed by atoms with E-state index in [1.54, 1.807) is 23.6 Å². The lowest BCUT2D eigenvalue weighted by Crippen LogP contribution is -2.42. The molecule has 6 heteroatoms. The molecule has 0 unspecified atom stereocenters. The molecule has 2 aromatic heterocycles. The number of carbonyl (C=O) groups excluding carboxylic acids is 1. The second kappa shape index (κ2) is 5.58. The number of hydrogen-bond donors (Lipinski definition) is 1.